The fourth-order valence-electron chi connectivity index (χ4n) is 2.37. The Labute approximate surface area is 154 Å². The summed E-state index contributed by atoms with van der Waals surface area (Å²) in [4.78, 5) is 10.5. The summed E-state index contributed by atoms with van der Waals surface area (Å²) in [5, 5.41) is 0. The predicted octanol–water partition coefficient (Wildman–Crippen LogP) is 4.86. The topological polar surface area (TPSA) is 43.1 Å². The van der Waals surface area contributed by atoms with Crippen LogP contribution in [0.1, 0.15) is 96.8 Å². The van der Waals surface area contributed by atoms with E-state index in [0.717, 1.165) is 12.8 Å². The van der Waals surface area contributed by atoms with Crippen LogP contribution in [0.5, 0.6) is 0 Å². The number of primary amides is 1. The monoisotopic (exact) mass is 305 g/mol. The fraction of sp³-hybridized carbons (Fsp3) is 0.833. The molecule has 0 radical (unpaired) electrons. The Hall–Kier alpha value is 0.210. The van der Waals surface area contributed by atoms with Crippen molar-refractivity contribution in [3.05, 3.63) is 12.2 Å². The van der Waals surface area contributed by atoms with Crippen molar-refractivity contribution in [2.75, 3.05) is 0 Å². The van der Waals surface area contributed by atoms with E-state index in [2.05, 4.69) is 19.1 Å². The molecular formula is C18H36NNaO. The molecule has 0 bridgehead atoms. The number of rotatable bonds is 15. The van der Waals surface area contributed by atoms with Crippen LogP contribution >= 0.6 is 0 Å². The maximum atomic E-state index is 10.5. The van der Waals surface area contributed by atoms with Gasteiger partial charge in [-0.15, -0.1) is 0 Å². The van der Waals surface area contributed by atoms with Gasteiger partial charge < -0.3 is 5.73 Å². The van der Waals surface area contributed by atoms with Gasteiger partial charge in [0.25, 0.3) is 0 Å². The molecule has 1 amide bonds. The summed E-state index contributed by atoms with van der Waals surface area (Å²) in [5.74, 6) is -0.164. The van der Waals surface area contributed by atoms with E-state index in [1.54, 1.807) is 0 Å². The summed E-state index contributed by atoms with van der Waals surface area (Å²) in [6.45, 7) is 2.26. The standard InChI is InChI=1S/C18H35NO.Na.H/c1-2-3-4-5-6-7-8-9-10-11-12-13-14-15-16-17-18(19)20;;/h9-10H,2-8,11-17H2,1H3,(H2,19,20);;. The van der Waals surface area contributed by atoms with Gasteiger partial charge in [-0.1, -0.05) is 70.4 Å². The fourth-order valence-corrected chi connectivity index (χ4v) is 2.37. The summed E-state index contributed by atoms with van der Waals surface area (Å²) in [6, 6.07) is 0. The molecule has 0 aromatic heterocycles. The molecule has 0 saturated heterocycles. The third-order valence-electron chi connectivity index (χ3n) is 3.68. The zero-order chi connectivity index (χ0) is 14.9. The molecular weight excluding hydrogens is 269 g/mol. The summed E-state index contributed by atoms with van der Waals surface area (Å²) < 4.78 is 0. The molecule has 2 N–H and O–H groups in total. The van der Waals surface area contributed by atoms with Crippen molar-refractivity contribution in [2.24, 2.45) is 5.73 Å². The molecule has 0 heterocycles. The number of amides is 1. The van der Waals surface area contributed by atoms with E-state index in [-0.39, 0.29) is 35.5 Å². The molecule has 0 spiro atoms. The molecule has 0 saturated carbocycles. The minimum absolute atomic E-state index is 0. The summed E-state index contributed by atoms with van der Waals surface area (Å²) >= 11 is 0. The Bertz CT molecular complexity index is 241. The molecule has 21 heavy (non-hydrogen) atoms. The van der Waals surface area contributed by atoms with Crippen LogP contribution < -0.4 is 5.73 Å². The van der Waals surface area contributed by atoms with Crippen molar-refractivity contribution in [3.63, 3.8) is 0 Å². The van der Waals surface area contributed by atoms with Crippen molar-refractivity contribution in [1.29, 1.82) is 0 Å². The zero-order valence-corrected chi connectivity index (χ0v) is 13.5. The average molecular weight is 305 g/mol. The van der Waals surface area contributed by atoms with Crippen LogP contribution in [0.15, 0.2) is 12.2 Å². The van der Waals surface area contributed by atoms with Crippen LogP contribution in [0.25, 0.3) is 0 Å². The predicted molar refractivity (Wildman–Crippen MR) is 95.8 cm³/mol. The van der Waals surface area contributed by atoms with Crippen molar-refractivity contribution in [1.82, 2.24) is 0 Å². The van der Waals surface area contributed by atoms with E-state index in [1.807, 2.05) is 0 Å². The van der Waals surface area contributed by atoms with Gasteiger partial charge in [0.1, 0.15) is 0 Å². The van der Waals surface area contributed by atoms with E-state index in [0.29, 0.717) is 6.42 Å². The Balaban J connectivity index is 0. The number of nitrogens with two attached hydrogens (primary N) is 1. The Morgan fingerprint density at radius 2 is 1.19 bits per heavy atom. The van der Waals surface area contributed by atoms with Crippen LogP contribution in [0.3, 0.4) is 0 Å². The molecule has 0 rings (SSSR count). The number of unbranched alkanes of at least 4 members (excludes halogenated alkanes) is 11. The normalized spacial score (nSPS) is 10.7. The number of hydrogen-bond acceptors (Lipinski definition) is 1. The number of carbonyl (C=O) groups is 1. The van der Waals surface area contributed by atoms with Gasteiger partial charge in [-0.2, -0.15) is 0 Å². The molecule has 0 aromatic rings. The molecule has 0 atom stereocenters. The second-order valence-corrected chi connectivity index (χ2v) is 5.80. The molecule has 0 unspecified atom stereocenters. The summed E-state index contributed by atoms with van der Waals surface area (Å²) in [6.07, 6.45) is 21.9. The molecule has 0 aromatic carbocycles. The first-order valence-electron chi connectivity index (χ1n) is 8.70. The zero-order valence-electron chi connectivity index (χ0n) is 13.5. The van der Waals surface area contributed by atoms with Gasteiger partial charge in [-0.3, -0.25) is 4.79 Å². The van der Waals surface area contributed by atoms with Gasteiger partial charge in [-0.25, -0.2) is 0 Å². The van der Waals surface area contributed by atoms with E-state index in [9.17, 15) is 4.79 Å². The van der Waals surface area contributed by atoms with Crippen molar-refractivity contribution in [2.45, 2.75) is 96.8 Å². The Morgan fingerprint density at radius 1 is 0.762 bits per heavy atom. The first-order valence-corrected chi connectivity index (χ1v) is 8.70. The van der Waals surface area contributed by atoms with Gasteiger partial charge >= 0.3 is 29.6 Å². The Kier molecular flexibility index (Phi) is 22.6. The van der Waals surface area contributed by atoms with Crippen molar-refractivity contribution >= 4 is 35.5 Å². The molecule has 120 valence electrons. The third kappa shape index (κ3) is 22.6. The van der Waals surface area contributed by atoms with Gasteiger partial charge in [0.05, 0.1) is 0 Å². The molecule has 0 aliphatic carbocycles. The van der Waals surface area contributed by atoms with Crippen LogP contribution in [0.2, 0.25) is 0 Å². The molecule has 0 fully saturated rings. The Morgan fingerprint density at radius 3 is 1.67 bits per heavy atom. The molecule has 0 aliphatic heterocycles. The van der Waals surface area contributed by atoms with Gasteiger partial charge in [-0.05, 0) is 32.1 Å². The van der Waals surface area contributed by atoms with Crippen LogP contribution in [-0.4, -0.2) is 35.5 Å². The number of allylic oxidation sites excluding steroid dienone is 2. The average Bonchev–Trinajstić information content (AvgIpc) is 2.43. The van der Waals surface area contributed by atoms with E-state index >= 15 is 0 Å². The third-order valence-corrected chi connectivity index (χ3v) is 3.68. The van der Waals surface area contributed by atoms with E-state index in [1.165, 1.54) is 70.6 Å². The second kappa shape index (κ2) is 20.2. The van der Waals surface area contributed by atoms with Gasteiger partial charge in [0.15, 0.2) is 0 Å². The first kappa shape index (κ1) is 23.5. The quantitative estimate of drug-likeness (QED) is 0.262. The SMILES string of the molecule is CCCCCCCCC=CCCCCCCCC(N)=O.[NaH]. The minimum atomic E-state index is -0.164. The van der Waals surface area contributed by atoms with Crippen molar-refractivity contribution in [3.8, 4) is 0 Å². The molecule has 2 nitrogen and oxygen atoms in total. The summed E-state index contributed by atoms with van der Waals surface area (Å²) in [5.41, 5.74) is 5.10. The number of carbonyl (C=O) groups excluding carboxylic acids is 1. The molecule has 3 heteroatoms. The first-order chi connectivity index (χ1) is 9.77. The number of hydrogen-bond donors (Lipinski definition) is 1. The van der Waals surface area contributed by atoms with Crippen LogP contribution in [0.4, 0.5) is 0 Å². The van der Waals surface area contributed by atoms with Crippen LogP contribution in [0, 0.1) is 0 Å². The van der Waals surface area contributed by atoms with E-state index < -0.39 is 0 Å². The van der Waals surface area contributed by atoms with Gasteiger partial charge in [0.2, 0.25) is 5.91 Å². The van der Waals surface area contributed by atoms with Crippen molar-refractivity contribution < 1.29 is 4.79 Å². The van der Waals surface area contributed by atoms with Crippen LogP contribution in [-0.2, 0) is 4.79 Å². The van der Waals surface area contributed by atoms with E-state index in [4.69, 9.17) is 5.73 Å². The maximum absolute atomic E-state index is 10.5. The summed E-state index contributed by atoms with van der Waals surface area (Å²) in [7, 11) is 0. The van der Waals surface area contributed by atoms with Gasteiger partial charge in [0, 0.05) is 6.42 Å². The second-order valence-electron chi connectivity index (χ2n) is 5.80. The molecule has 0 aliphatic rings.